The van der Waals surface area contributed by atoms with Crippen molar-refractivity contribution < 1.29 is 13.2 Å². The van der Waals surface area contributed by atoms with Gasteiger partial charge in [-0.2, -0.15) is 13.2 Å². The summed E-state index contributed by atoms with van der Waals surface area (Å²) in [5.74, 6) is 0. The van der Waals surface area contributed by atoms with Gasteiger partial charge in [0.15, 0.2) is 0 Å². The molecule has 0 aliphatic rings. The molecule has 1 atom stereocenters. The molecule has 1 rings (SSSR count). The van der Waals surface area contributed by atoms with Crippen LogP contribution in [0.4, 0.5) is 13.2 Å². The van der Waals surface area contributed by atoms with Crippen LogP contribution in [-0.2, 0) is 0 Å². The molecule has 1 aromatic rings. The maximum Gasteiger partial charge on any atom is 0.401 e. The molecule has 1 unspecified atom stereocenters. The maximum atomic E-state index is 12.7. The van der Waals surface area contributed by atoms with Gasteiger partial charge in [0.05, 0.1) is 6.54 Å². The van der Waals surface area contributed by atoms with Crippen molar-refractivity contribution in [2.45, 2.75) is 32.5 Å². The summed E-state index contributed by atoms with van der Waals surface area (Å²) >= 11 is 0. The molecular formula is C14H21F3N2. The third-order valence-corrected chi connectivity index (χ3v) is 3.10. The molecule has 5 heteroatoms. The Bertz CT molecular complexity index is 391. The molecule has 0 saturated heterocycles. The minimum Gasteiger partial charge on any atom is -0.329 e. The van der Waals surface area contributed by atoms with E-state index < -0.39 is 12.7 Å². The molecule has 0 heterocycles. The Morgan fingerprint density at radius 1 is 1.26 bits per heavy atom. The quantitative estimate of drug-likeness (QED) is 0.862. The Hall–Kier alpha value is -1.07. The molecule has 0 aliphatic carbocycles. The first-order chi connectivity index (χ1) is 8.89. The number of alkyl halides is 3. The van der Waals surface area contributed by atoms with Crippen molar-refractivity contribution in [3.8, 4) is 0 Å². The van der Waals surface area contributed by atoms with Crippen molar-refractivity contribution in [1.29, 1.82) is 0 Å². The van der Waals surface area contributed by atoms with Crippen LogP contribution in [0.5, 0.6) is 0 Å². The third-order valence-electron chi connectivity index (χ3n) is 3.10. The fraction of sp³-hybridized carbons (Fsp3) is 0.571. The molecule has 0 aliphatic heterocycles. The average molecular weight is 274 g/mol. The van der Waals surface area contributed by atoms with Gasteiger partial charge < -0.3 is 5.73 Å². The van der Waals surface area contributed by atoms with Crippen molar-refractivity contribution in [2.24, 2.45) is 5.73 Å². The van der Waals surface area contributed by atoms with E-state index >= 15 is 0 Å². The second-order valence-electron chi connectivity index (χ2n) is 4.69. The van der Waals surface area contributed by atoms with Crippen LogP contribution >= 0.6 is 0 Å². The zero-order valence-electron chi connectivity index (χ0n) is 11.4. The van der Waals surface area contributed by atoms with E-state index in [4.69, 9.17) is 5.73 Å². The fourth-order valence-corrected chi connectivity index (χ4v) is 2.30. The summed E-state index contributed by atoms with van der Waals surface area (Å²) < 4.78 is 38.0. The van der Waals surface area contributed by atoms with Crippen LogP contribution in [0.2, 0.25) is 0 Å². The van der Waals surface area contributed by atoms with Gasteiger partial charge >= 0.3 is 6.18 Å². The van der Waals surface area contributed by atoms with Gasteiger partial charge in [0.2, 0.25) is 0 Å². The van der Waals surface area contributed by atoms with E-state index in [9.17, 15) is 13.2 Å². The SMILES string of the molecule is CCCN(CC(F)(F)F)C(CN)c1ccccc1C. The largest absolute Gasteiger partial charge is 0.401 e. The molecular weight excluding hydrogens is 253 g/mol. The van der Waals surface area contributed by atoms with Crippen LogP contribution in [0.15, 0.2) is 24.3 Å². The lowest BCUT2D eigenvalue weighted by Crippen LogP contribution is -2.41. The zero-order valence-corrected chi connectivity index (χ0v) is 11.4. The van der Waals surface area contributed by atoms with Crippen molar-refractivity contribution in [3.05, 3.63) is 35.4 Å². The number of benzene rings is 1. The fourth-order valence-electron chi connectivity index (χ4n) is 2.30. The van der Waals surface area contributed by atoms with E-state index in [1.165, 1.54) is 4.90 Å². The van der Waals surface area contributed by atoms with Gasteiger partial charge in [0.1, 0.15) is 0 Å². The van der Waals surface area contributed by atoms with Crippen molar-refractivity contribution >= 4 is 0 Å². The van der Waals surface area contributed by atoms with E-state index in [1.54, 1.807) is 0 Å². The van der Waals surface area contributed by atoms with Crippen LogP contribution in [0.25, 0.3) is 0 Å². The second-order valence-corrected chi connectivity index (χ2v) is 4.69. The third kappa shape index (κ3) is 4.84. The summed E-state index contributed by atoms with van der Waals surface area (Å²) in [6, 6.07) is 7.08. The lowest BCUT2D eigenvalue weighted by atomic mass is 9.99. The highest BCUT2D eigenvalue weighted by Crippen LogP contribution is 2.27. The lowest BCUT2D eigenvalue weighted by molar-refractivity contribution is -0.150. The maximum absolute atomic E-state index is 12.7. The Kier molecular flexibility index (Phi) is 5.82. The highest BCUT2D eigenvalue weighted by molar-refractivity contribution is 5.29. The second kappa shape index (κ2) is 6.91. The number of aryl methyl sites for hydroxylation is 1. The average Bonchev–Trinajstić information content (AvgIpc) is 2.30. The first kappa shape index (κ1) is 16.0. The van der Waals surface area contributed by atoms with Crippen LogP contribution < -0.4 is 5.73 Å². The van der Waals surface area contributed by atoms with Gasteiger partial charge in [0, 0.05) is 12.6 Å². The molecule has 0 bridgehead atoms. The highest BCUT2D eigenvalue weighted by atomic mass is 19.4. The van der Waals surface area contributed by atoms with E-state index in [0.29, 0.717) is 13.0 Å². The van der Waals surface area contributed by atoms with E-state index in [0.717, 1.165) is 11.1 Å². The Morgan fingerprint density at radius 2 is 1.89 bits per heavy atom. The standard InChI is InChI=1S/C14H21F3N2/c1-3-8-19(10-14(15,16)17)13(9-18)12-7-5-4-6-11(12)2/h4-7,13H,3,8-10,18H2,1-2H3. The van der Waals surface area contributed by atoms with Crippen LogP contribution in [-0.4, -0.2) is 30.7 Å². The molecule has 0 amide bonds. The minimum atomic E-state index is -4.20. The number of hydrogen-bond acceptors (Lipinski definition) is 2. The summed E-state index contributed by atoms with van der Waals surface area (Å²) in [5.41, 5.74) is 7.57. The van der Waals surface area contributed by atoms with Crippen molar-refractivity contribution in [3.63, 3.8) is 0 Å². The topological polar surface area (TPSA) is 29.3 Å². The molecule has 108 valence electrons. The van der Waals surface area contributed by atoms with Crippen LogP contribution in [0.1, 0.15) is 30.5 Å². The number of halogens is 3. The minimum absolute atomic E-state index is 0.181. The molecule has 0 radical (unpaired) electrons. The van der Waals surface area contributed by atoms with Gasteiger partial charge in [-0.1, -0.05) is 31.2 Å². The van der Waals surface area contributed by atoms with Gasteiger partial charge in [0.25, 0.3) is 0 Å². The number of hydrogen-bond donors (Lipinski definition) is 1. The first-order valence-corrected chi connectivity index (χ1v) is 6.45. The molecule has 2 N–H and O–H groups in total. The van der Waals surface area contributed by atoms with Crippen molar-refractivity contribution in [1.82, 2.24) is 4.90 Å². The molecule has 19 heavy (non-hydrogen) atoms. The summed E-state index contributed by atoms with van der Waals surface area (Å²) in [7, 11) is 0. The van der Waals surface area contributed by atoms with E-state index in [1.807, 2.05) is 38.1 Å². The summed E-state index contributed by atoms with van der Waals surface area (Å²) in [5, 5.41) is 0. The summed E-state index contributed by atoms with van der Waals surface area (Å²) in [6.45, 7) is 3.41. The number of nitrogens with zero attached hydrogens (tertiary/aromatic N) is 1. The predicted molar refractivity (Wildman–Crippen MR) is 70.9 cm³/mol. The van der Waals surface area contributed by atoms with E-state index in [2.05, 4.69) is 0 Å². The first-order valence-electron chi connectivity index (χ1n) is 6.45. The molecule has 0 saturated carbocycles. The highest BCUT2D eigenvalue weighted by Gasteiger charge is 2.33. The molecule has 0 fully saturated rings. The number of rotatable bonds is 6. The number of nitrogens with two attached hydrogens (primary N) is 1. The summed E-state index contributed by atoms with van der Waals surface area (Å²) in [6.07, 6.45) is -3.54. The van der Waals surface area contributed by atoms with Crippen molar-refractivity contribution in [2.75, 3.05) is 19.6 Å². The van der Waals surface area contributed by atoms with Gasteiger partial charge in [-0.05, 0) is 31.0 Å². The van der Waals surface area contributed by atoms with Gasteiger partial charge in [-0.15, -0.1) is 0 Å². The molecule has 1 aromatic carbocycles. The van der Waals surface area contributed by atoms with E-state index in [-0.39, 0.29) is 12.6 Å². The van der Waals surface area contributed by atoms with Gasteiger partial charge in [-0.3, -0.25) is 4.90 Å². The smallest absolute Gasteiger partial charge is 0.329 e. The monoisotopic (exact) mass is 274 g/mol. The zero-order chi connectivity index (χ0) is 14.5. The Balaban J connectivity index is 3.00. The molecule has 0 aromatic heterocycles. The molecule has 0 spiro atoms. The normalized spacial score (nSPS) is 13.8. The van der Waals surface area contributed by atoms with Crippen LogP contribution in [0, 0.1) is 6.92 Å². The molecule has 2 nitrogen and oxygen atoms in total. The predicted octanol–water partition coefficient (Wildman–Crippen LogP) is 3.27. The summed E-state index contributed by atoms with van der Waals surface area (Å²) in [4.78, 5) is 1.42. The lowest BCUT2D eigenvalue weighted by Gasteiger charge is -2.32. The Labute approximate surface area is 112 Å². The Morgan fingerprint density at radius 3 is 2.37 bits per heavy atom. The van der Waals surface area contributed by atoms with Crippen LogP contribution in [0.3, 0.4) is 0 Å². The van der Waals surface area contributed by atoms with Gasteiger partial charge in [-0.25, -0.2) is 0 Å².